The van der Waals surface area contributed by atoms with Crippen LogP contribution in [0.15, 0.2) is 22.7 Å². The van der Waals surface area contributed by atoms with Crippen LogP contribution in [0.1, 0.15) is 18.1 Å². The maximum absolute atomic E-state index is 13.1. The number of aliphatic hydroxyl groups excluding tert-OH is 2. The number of hydrogen-bond acceptors (Lipinski definition) is 3. The maximum atomic E-state index is 13.1. The van der Waals surface area contributed by atoms with Crippen molar-refractivity contribution in [2.75, 3.05) is 5.75 Å². The summed E-state index contributed by atoms with van der Waals surface area (Å²) >= 11 is 6.97. The molecule has 0 aromatic heterocycles. The predicted octanol–water partition coefficient (Wildman–Crippen LogP) is 2.30. The number of rotatable bonds is 4. The second-order valence-electron chi connectivity index (χ2n) is 3.20. The Bertz CT molecular complexity index is 335. The van der Waals surface area contributed by atoms with E-state index in [4.69, 9.17) is 0 Å². The fraction of sp³-hybridized carbons (Fsp3) is 0.400. The number of aliphatic hydroxyl groups is 2. The predicted molar refractivity (Wildman–Crippen MR) is 63.5 cm³/mol. The van der Waals surface area contributed by atoms with Crippen molar-refractivity contribution in [3.63, 3.8) is 0 Å². The van der Waals surface area contributed by atoms with Crippen molar-refractivity contribution in [2.24, 2.45) is 0 Å². The zero-order valence-corrected chi connectivity index (χ0v) is 10.4. The molecule has 1 aromatic rings. The Morgan fingerprint density at radius 2 is 2.07 bits per heavy atom. The molecule has 0 aliphatic rings. The van der Waals surface area contributed by atoms with Crippen LogP contribution in [-0.2, 0) is 0 Å². The van der Waals surface area contributed by atoms with Gasteiger partial charge in [-0.3, -0.25) is 0 Å². The minimum absolute atomic E-state index is 0.335. The first-order valence-corrected chi connectivity index (χ1v) is 5.90. The molecule has 0 saturated carbocycles. The van der Waals surface area contributed by atoms with E-state index in [0.717, 1.165) is 0 Å². The van der Waals surface area contributed by atoms with Crippen molar-refractivity contribution in [1.29, 1.82) is 0 Å². The smallest absolute Gasteiger partial charge is 0.137 e. The van der Waals surface area contributed by atoms with E-state index in [1.165, 1.54) is 12.1 Å². The number of halogens is 2. The summed E-state index contributed by atoms with van der Waals surface area (Å²) in [5.41, 5.74) is 0.366. The summed E-state index contributed by atoms with van der Waals surface area (Å²) in [4.78, 5) is 0. The lowest BCUT2D eigenvalue weighted by molar-refractivity contribution is 0.0171. The van der Waals surface area contributed by atoms with Gasteiger partial charge in [-0.1, -0.05) is 6.07 Å². The first-order valence-electron chi connectivity index (χ1n) is 4.48. The molecule has 0 aliphatic heterocycles. The summed E-state index contributed by atoms with van der Waals surface area (Å²) in [5.74, 6) is 0.0154. The molecule has 2 N–H and O–H groups in total. The minimum Gasteiger partial charge on any atom is -0.390 e. The summed E-state index contributed by atoms with van der Waals surface area (Å²) in [5, 5.41) is 19.2. The number of hydrogen-bond donors (Lipinski definition) is 3. The molecule has 0 heterocycles. The van der Waals surface area contributed by atoms with Crippen molar-refractivity contribution in [3.8, 4) is 0 Å². The third kappa shape index (κ3) is 3.45. The molecule has 84 valence electrons. The SMILES string of the molecule is OC(CCS)C(O)c1ccc(Br)c(F)c1. The zero-order chi connectivity index (χ0) is 11.4. The number of thiol groups is 1. The van der Waals surface area contributed by atoms with Gasteiger partial charge in [0.05, 0.1) is 10.6 Å². The van der Waals surface area contributed by atoms with E-state index < -0.39 is 18.0 Å². The van der Waals surface area contributed by atoms with Gasteiger partial charge in [0, 0.05) is 0 Å². The summed E-state index contributed by atoms with van der Waals surface area (Å²) in [7, 11) is 0. The molecular formula is C10H12BrFO2S. The van der Waals surface area contributed by atoms with Crippen molar-refractivity contribution >= 4 is 28.6 Å². The van der Waals surface area contributed by atoms with E-state index in [-0.39, 0.29) is 0 Å². The van der Waals surface area contributed by atoms with Crippen LogP contribution in [0.3, 0.4) is 0 Å². The zero-order valence-electron chi connectivity index (χ0n) is 7.90. The third-order valence-electron chi connectivity index (χ3n) is 2.07. The van der Waals surface area contributed by atoms with E-state index in [1.54, 1.807) is 6.07 Å². The minimum atomic E-state index is -1.07. The summed E-state index contributed by atoms with van der Waals surface area (Å²) in [6, 6.07) is 4.28. The molecule has 2 nitrogen and oxygen atoms in total. The normalized spacial score (nSPS) is 15.0. The quantitative estimate of drug-likeness (QED) is 0.746. The topological polar surface area (TPSA) is 40.5 Å². The molecule has 2 unspecified atom stereocenters. The lowest BCUT2D eigenvalue weighted by Gasteiger charge is -2.17. The summed E-state index contributed by atoms with van der Waals surface area (Å²) < 4.78 is 13.5. The van der Waals surface area contributed by atoms with Gasteiger partial charge in [0.2, 0.25) is 0 Å². The highest BCUT2D eigenvalue weighted by Crippen LogP contribution is 2.23. The van der Waals surface area contributed by atoms with Crippen molar-refractivity contribution in [1.82, 2.24) is 0 Å². The molecule has 0 saturated heterocycles. The highest BCUT2D eigenvalue weighted by atomic mass is 79.9. The van der Waals surface area contributed by atoms with Crippen LogP contribution in [-0.4, -0.2) is 22.1 Å². The van der Waals surface area contributed by atoms with Crippen LogP contribution in [0, 0.1) is 5.82 Å². The molecule has 5 heteroatoms. The van der Waals surface area contributed by atoms with E-state index in [0.29, 0.717) is 22.2 Å². The fourth-order valence-corrected chi connectivity index (χ4v) is 1.72. The first-order chi connectivity index (χ1) is 7.06. The van der Waals surface area contributed by atoms with Crippen LogP contribution in [0.25, 0.3) is 0 Å². The molecule has 0 bridgehead atoms. The number of benzene rings is 1. The molecule has 1 rings (SSSR count). The second kappa shape index (κ2) is 5.84. The molecule has 0 spiro atoms. The van der Waals surface area contributed by atoms with Crippen LogP contribution in [0.5, 0.6) is 0 Å². The molecule has 0 aliphatic carbocycles. The van der Waals surface area contributed by atoms with Gasteiger partial charge in [0.1, 0.15) is 11.9 Å². The monoisotopic (exact) mass is 294 g/mol. The molecule has 0 fully saturated rings. The lowest BCUT2D eigenvalue weighted by atomic mass is 10.0. The Hall–Kier alpha value is -0.100. The Labute approximate surface area is 102 Å². The third-order valence-corrected chi connectivity index (χ3v) is 2.98. The van der Waals surface area contributed by atoms with Gasteiger partial charge in [0.25, 0.3) is 0 Å². The van der Waals surface area contributed by atoms with E-state index in [1.807, 2.05) is 0 Å². The van der Waals surface area contributed by atoms with Crippen LogP contribution >= 0.6 is 28.6 Å². The molecule has 2 atom stereocenters. The fourth-order valence-electron chi connectivity index (χ4n) is 1.21. The maximum Gasteiger partial charge on any atom is 0.137 e. The Balaban J connectivity index is 2.81. The highest BCUT2D eigenvalue weighted by Gasteiger charge is 2.18. The van der Waals surface area contributed by atoms with Gasteiger partial charge < -0.3 is 10.2 Å². The van der Waals surface area contributed by atoms with Crippen LogP contribution in [0.4, 0.5) is 4.39 Å². The van der Waals surface area contributed by atoms with Gasteiger partial charge >= 0.3 is 0 Å². The van der Waals surface area contributed by atoms with Gasteiger partial charge in [-0.05, 0) is 45.8 Å². The van der Waals surface area contributed by atoms with Crippen LogP contribution < -0.4 is 0 Å². The van der Waals surface area contributed by atoms with E-state index in [9.17, 15) is 14.6 Å². The van der Waals surface area contributed by atoms with E-state index in [2.05, 4.69) is 28.6 Å². The summed E-state index contributed by atoms with van der Waals surface area (Å²) in [6.45, 7) is 0. The van der Waals surface area contributed by atoms with Crippen molar-refractivity contribution in [3.05, 3.63) is 34.1 Å². The van der Waals surface area contributed by atoms with E-state index >= 15 is 0 Å². The second-order valence-corrected chi connectivity index (χ2v) is 4.50. The molecule has 0 amide bonds. The molecule has 0 radical (unpaired) electrons. The Morgan fingerprint density at radius 3 is 2.60 bits per heavy atom. The summed E-state index contributed by atoms with van der Waals surface area (Å²) in [6.07, 6.45) is -1.62. The van der Waals surface area contributed by atoms with Crippen molar-refractivity contribution in [2.45, 2.75) is 18.6 Å². The van der Waals surface area contributed by atoms with Crippen molar-refractivity contribution < 1.29 is 14.6 Å². The van der Waals surface area contributed by atoms with Crippen LogP contribution in [0.2, 0.25) is 0 Å². The average molecular weight is 295 g/mol. The van der Waals surface area contributed by atoms with Gasteiger partial charge in [-0.2, -0.15) is 12.6 Å². The molecule has 15 heavy (non-hydrogen) atoms. The molecule has 1 aromatic carbocycles. The van der Waals surface area contributed by atoms with Gasteiger partial charge in [-0.15, -0.1) is 0 Å². The Kier molecular flexibility index (Phi) is 5.05. The molecular weight excluding hydrogens is 283 g/mol. The Morgan fingerprint density at radius 1 is 1.40 bits per heavy atom. The highest BCUT2D eigenvalue weighted by molar-refractivity contribution is 9.10. The largest absolute Gasteiger partial charge is 0.390 e. The first kappa shape index (κ1) is 13.0. The van der Waals surface area contributed by atoms with Gasteiger partial charge in [0.15, 0.2) is 0 Å². The van der Waals surface area contributed by atoms with Gasteiger partial charge in [-0.25, -0.2) is 4.39 Å². The average Bonchev–Trinajstić information content (AvgIpc) is 2.21. The standard InChI is InChI=1S/C10H12BrFO2S/c11-7-2-1-6(5-8(7)12)10(14)9(13)3-4-15/h1-2,5,9-10,13-15H,3-4H2. The lowest BCUT2D eigenvalue weighted by Crippen LogP contribution is -2.18.